The van der Waals surface area contributed by atoms with E-state index >= 15 is 0 Å². The number of rotatable bonds is 5. The van der Waals surface area contributed by atoms with Gasteiger partial charge in [0, 0.05) is 16.8 Å². The Kier molecular flexibility index (Phi) is 4.03. The number of hydrogen-bond donors (Lipinski definition) is 1. The summed E-state index contributed by atoms with van der Waals surface area (Å²) in [6, 6.07) is 0. The Morgan fingerprint density at radius 2 is 1.83 bits per heavy atom. The van der Waals surface area contributed by atoms with Gasteiger partial charge in [-0.3, -0.25) is 4.79 Å². The van der Waals surface area contributed by atoms with E-state index in [2.05, 4.69) is 19.2 Å². The van der Waals surface area contributed by atoms with Crippen LogP contribution in [0.1, 0.15) is 72.7 Å². The highest BCUT2D eigenvalue weighted by Crippen LogP contribution is 2.61. The van der Waals surface area contributed by atoms with Crippen molar-refractivity contribution in [1.29, 1.82) is 0 Å². The quantitative estimate of drug-likeness (QED) is 0.812. The molecule has 3 heteroatoms. The Morgan fingerprint density at radius 3 is 2.39 bits per heavy atom. The van der Waals surface area contributed by atoms with Crippen molar-refractivity contribution in [2.24, 2.45) is 23.2 Å². The van der Waals surface area contributed by atoms with Crippen LogP contribution in [0.3, 0.4) is 0 Å². The van der Waals surface area contributed by atoms with Crippen LogP contribution < -0.4 is 5.32 Å². The Labute approximate surface area is 144 Å². The molecular formula is C20H29NOS. The first-order chi connectivity index (χ1) is 11.1. The molecule has 4 aliphatic carbocycles. The third kappa shape index (κ3) is 2.86. The number of amides is 1. The summed E-state index contributed by atoms with van der Waals surface area (Å²) in [5.74, 6) is 3.16. The third-order valence-corrected chi connectivity index (χ3v) is 7.76. The molecule has 0 unspecified atom stereocenters. The second kappa shape index (κ2) is 5.91. The molecule has 5 rings (SSSR count). The number of carbonyl (C=O) groups is 1. The van der Waals surface area contributed by atoms with Crippen LogP contribution in [0, 0.1) is 30.1 Å². The van der Waals surface area contributed by atoms with Gasteiger partial charge in [-0.1, -0.05) is 6.92 Å². The van der Waals surface area contributed by atoms with Crippen molar-refractivity contribution in [1.82, 2.24) is 5.32 Å². The molecule has 126 valence electrons. The van der Waals surface area contributed by atoms with E-state index in [4.69, 9.17) is 0 Å². The van der Waals surface area contributed by atoms with Crippen LogP contribution in [-0.2, 0) is 6.42 Å². The van der Waals surface area contributed by atoms with Gasteiger partial charge in [0.15, 0.2) is 0 Å². The molecule has 4 saturated carbocycles. The predicted octanol–water partition coefficient (Wildman–Crippen LogP) is 4.96. The van der Waals surface area contributed by atoms with Gasteiger partial charge in [-0.05, 0) is 87.0 Å². The average Bonchev–Trinajstić information content (AvgIpc) is 2.86. The van der Waals surface area contributed by atoms with E-state index in [1.165, 1.54) is 55.4 Å². The second-order valence-electron chi connectivity index (χ2n) is 8.46. The van der Waals surface area contributed by atoms with Gasteiger partial charge >= 0.3 is 0 Å². The van der Waals surface area contributed by atoms with Crippen molar-refractivity contribution < 1.29 is 4.79 Å². The SMILES string of the molecule is CCc1c(C(=O)NCCC23CC4CC(CC(C4)C2)C3)csc1C. The summed E-state index contributed by atoms with van der Waals surface area (Å²) in [4.78, 5) is 13.8. The summed E-state index contributed by atoms with van der Waals surface area (Å²) < 4.78 is 0. The molecule has 1 heterocycles. The summed E-state index contributed by atoms with van der Waals surface area (Å²) >= 11 is 1.70. The first-order valence-corrected chi connectivity index (χ1v) is 10.3. The zero-order chi connectivity index (χ0) is 16.0. The van der Waals surface area contributed by atoms with Gasteiger partial charge in [0.1, 0.15) is 0 Å². The molecule has 1 amide bonds. The largest absolute Gasteiger partial charge is 0.352 e. The lowest BCUT2D eigenvalue weighted by atomic mass is 9.49. The van der Waals surface area contributed by atoms with Crippen LogP contribution in [0.4, 0.5) is 0 Å². The lowest BCUT2D eigenvalue weighted by molar-refractivity contribution is -0.0564. The maximum absolute atomic E-state index is 12.5. The maximum atomic E-state index is 12.5. The highest BCUT2D eigenvalue weighted by Gasteiger charge is 2.50. The van der Waals surface area contributed by atoms with Gasteiger partial charge in [-0.15, -0.1) is 11.3 Å². The van der Waals surface area contributed by atoms with Crippen LogP contribution in [0.5, 0.6) is 0 Å². The summed E-state index contributed by atoms with van der Waals surface area (Å²) in [7, 11) is 0. The second-order valence-corrected chi connectivity index (χ2v) is 9.54. The Morgan fingerprint density at radius 1 is 1.22 bits per heavy atom. The number of nitrogens with one attached hydrogen (secondary N) is 1. The highest BCUT2D eigenvalue weighted by atomic mass is 32.1. The van der Waals surface area contributed by atoms with Crippen LogP contribution in [0.15, 0.2) is 5.38 Å². The molecule has 0 aliphatic heterocycles. The van der Waals surface area contributed by atoms with Gasteiger partial charge in [-0.25, -0.2) is 0 Å². The fourth-order valence-electron chi connectivity index (χ4n) is 6.24. The van der Waals surface area contributed by atoms with Gasteiger partial charge in [0.2, 0.25) is 0 Å². The first-order valence-electron chi connectivity index (χ1n) is 9.44. The van der Waals surface area contributed by atoms with E-state index in [1.54, 1.807) is 11.3 Å². The van der Waals surface area contributed by atoms with Crippen LogP contribution in [-0.4, -0.2) is 12.5 Å². The monoisotopic (exact) mass is 331 g/mol. The van der Waals surface area contributed by atoms with E-state index in [-0.39, 0.29) is 5.91 Å². The summed E-state index contributed by atoms with van der Waals surface area (Å²) in [6.07, 6.45) is 11.0. The lowest BCUT2D eigenvalue weighted by Gasteiger charge is -2.57. The fourth-order valence-corrected chi connectivity index (χ4v) is 7.18. The molecule has 4 aliphatic rings. The molecule has 0 aromatic carbocycles. The van der Waals surface area contributed by atoms with Gasteiger partial charge in [0.25, 0.3) is 5.91 Å². The van der Waals surface area contributed by atoms with Crippen LogP contribution in [0.2, 0.25) is 0 Å². The Bertz CT molecular complexity index is 567. The number of hydrogen-bond acceptors (Lipinski definition) is 2. The first kappa shape index (κ1) is 15.7. The minimum absolute atomic E-state index is 0.149. The molecule has 1 aromatic rings. The maximum Gasteiger partial charge on any atom is 0.252 e. The van der Waals surface area contributed by atoms with Crippen LogP contribution >= 0.6 is 11.3 Å². The molecule has 23 heavy (non-hydrogen) atoms. The number of thiophene rings is 1. The molecule has 4 fully saturated rings. The molecule has 0 saturated heterocycles. The zero-order valence-corrected chi connectivity index (χ0v) is 15.3. The smallest absolute Gasteiger partial charge is 0.252 e. The van der Waals surface area contributed by atoms with E-state index in [0.29, 0.717) is 5.41 Å². The molecule has 1 N–H and O–H groups in total. The zero-order valence-electron chi connectivity index (χ0n) is 14.5. The number of aryl methyl sites for hydroxylation is 1. The van der Waals surface area contributed by atoms with E-state index in [0.717, 1.165) is 36.3 Å². The minimum Gasteiger partial charge on any atom is -0.352 e. The van der Waals surface area contributed by atoms with Crippen molar-refractivity contribution >= 4 is 17.2 Å². The molecule has 0 radical (unpaired) electrons. The van der Waals surface area contributed by atoms with Crippen molar-refractivity contribution in [3.05, 3.63) is 21.4 Å². The standard InChI is InChI=1S/C20H29NOS/c1-3-17-13(2)23-12-18(17)19(22)21-5-4-20-9-14-6-15(10-20)8-16(7-14)11-20/h12,14-16H,3-11H2,1-2H3,(H,21,22). The van der Waals surface area contributed by atoms with E-state index in [1.807, 2.05) is 5.38 Å². The highest BCUT2D eigenvalue weighted by molar-refractivity contribution is 7.10. The van der Waals surface area contributed by atoms with Crippen molar-refractivity contribution in [2.45, 2.75) is 65.2 Å². The van der Waals surface area contributed by atoms with E-state index in [9.17, 15) is 4.79 Å². The van der Waals surface area contributed by atoms with Gasteiger partial charge < -0.3 is 5.32 Å². The number of carbonyl (C=O) groups excluding carboxylic acids is 1. The summed E-state index contributed by atoms with van der Waals surface area (Å²) in [6.45, 7) is 5.13. The summed E-state index contributed by atoms with van der Waals surface area (Å²) in [5, 5.41) is 5.27. The molecule has 0 atom stereocenters. The topological polar surface area (TPSA) is 29.1 Å². The fraction of sp³-hybridized carbons (Fsp3) is 0.750. The molecule has 4 bridgehead atoms. The van der Waals surface area contributed by atoms with Crippen LogP contribution in [0.25, 0.3) is 0 Å². The van der Waals surface area contributed by atoms with Gasteiger partial charge in [0.05, 0.1) is 5.56 Å². The molecule has 0 spiro atoms. The van der Waals surface area contributed by atoms with Crippen molar-refractivity contribution in [2.75, 3.05) is 6.54 Å². The third-order valence-electron chi connectivity index (χ3n) is 6.81. The Balaban J connectivity index is 1.36. The normalized spacial score (nSPS) is 34.8. The lowest BCUT2D eigenvalue weighted by Crippen LogP contribution is -2.47. The molecular weight excluding hydrogens is 302 g/mol. The minimum atomic E-state index is 0.149. The van der Waals surface area contributed by atoms with Crippen molar-refractivity contribution in [3.8, 4) is 0 Å². The molecule has 2 nitrogen and oxygen atoms in total. The van der Waals surface area contributed by atoms with E-state index < -0.39 is 0 Å². The summed E-state index contributed by atoms with van der Waals surface area (Å²) in [5.41, 5.74) is 2.73. The predicted molar refractivity (Wildman–Crippen MR) is 96.0 cm³/mol. The molecule has 1 aromatic heterocycles. The average molecular weight is 332 g/mol. The van der Waals surface area contributed by atoms with Gasteiger partial charge in [-0.2, -0.15) is 0 Å². The van der Waals surface area contributed by atoms with Crippen molar-refractivity contribution in [3.63, 3.8) is 0 Å². The Hall–Kier alpha value is -0.830.